The topological polar surface area (TPSA) is 107 Å². The van der Waals surface area contributed by atoms with Crippen LogP contribution in [0.15, 0.2) is 61.2 Å². The van der Waals surface area contributed by atoms with Gasteiger partial charge in [0, 0.05) is 47.6 Å². The van der Waals surface area contributed by atoms with Crippen molar-refractivity contribution >= 4 is 0 Å². The Labute approximate surface area is 254 Å². The highest BCUT2D eigenvalue weighted by Gasteiger charge is 2.34. The fraction of sp³-hybridized carbons (Fsp3) is 0.250. The SMILES string of the molecule is Cc1cc(C)n(-c2c(-n3cccn3)c(-n3nc(C)cc3C)c(-n3nc(C)cc3C)c(-n3cccn3)c2-n2nc(C)cc2C)n1. The quantitative estimate of drug-likeness (QED) is 0.263. The van der Waals surface area contributed by atoms with E-state index in [1.54, 1.807) is 12.4 Å². The van der Waals surface area contributed by atoms with Crippen molar-refractivity contribution in [2.45, 2.75) is 55.4 Å². The molecule has 7 aromatic rings. The standard InChI is InChI=1S/C32H34N12/c1-19-15-23(5)41(35-19)29-27(39-13-9-11-33-39)31(43-25(7)17-21(3)37-43)32(44-26(8)18-22(4)38-44)28(40-14-10-12-34-40)30(29)42-24(6)16-20(2)36-42/h9-18H,1-8H3. The summed E-state index contributed by atoms with van der Waals surface area (Å²) in [6.45, 7) is 16.2. The van der Waals surface area contributed by atoms with Gasteiger partial charge < -0.3 is 0 Å². The molecule has 222 valence electrons. The van der Waals surface area contributed by atoms with E-state index in [1.165, 1.54) is 0 Å². The number of hydrogen-bond acceptors (Lipinski definition) is 6. The van der Waals surface area contributed by atoms with Gasteiger partial charge in [-0.25, -0.2) is 28.1 Å². The molecule has 0 spiro atoms. The monoisotopic (exact) mass is 586 g/mol. The average Bonchev–Trinajstić information content (AvgIpc) is 3.80. The Kier molecular flexibility index (Phi) is 6.23. The molecule has 0 unspecified atom stereocenters. The maximum atomic E-state index is 5.04. The summed E-state index contributed by atoms with van der Waals surface area (Å²) in [5.74, 6) is 0. The molecular formula is C32H34N12. The first-order valence-electron chi connectivity index (χ1n) is 14.5. The van der Waals surface area contributed by atoms with E-state index in [0.717, 1.165) is 79.7 Å². The second kappa shape index (κ2) is 10.0. The van der Waals surface area contributed by atoms with Gasteiger partial charge in [-0.15, -0.1) is 0 Å². The lowest BCUT2D eigenvalue weighted by Crippen LogP contribution is -2.23. The highest BCUT2D eigenvalue weighted by Crippen LogP contribution is 2.43. The molecule has 0 saturated carbocycles. The van der Waals surface area contributed by atoms with Gasteiger partial charge in [-0.2, -0.15) is 30.6 Å². The van der Waals surface area contributed by atoms with Crippen molar-refractivity contribution in [1.29, 1.82) is 0 Å². The number of nitrogens with zero attached hydrogens (tertiary/aromatic N) is 12. The van der Waals surface area contributed by atoms with Crippen molar-refractivity contribution in [2.24, 2.45) is 0 Å². The van der Waals surface area contributed by atoms with Gasteiger partial charge in [0.2, 0.25) is 0 Å². The molecule has 0 aliphatic carbocycles. The van der Waals surface area contributed by atoms with Gasteiger partial charge in [-0.05, 0) is 91.8 Å². The summed E-state index contributed by atoms with van der Waals surface area (Å²) in [5.41, 5.74) is 12.1. The Balaban J connectivity index is 1.86. The normalized spacial score (nSPS) is 11.6. The predicted molar refractivity (Wildman–Crippen MR) is 167 cm³/mol. The van der Waals surface area contributed by atoms with Gasteiger partial charge in [-0.3, -0.25) is 0 Å². The van der Waals surface area contributed by atoms with Crippen LogP contribution in [0.4, 0.5) is 0 Å². The van der Waals surface area contributed by atoms with E-state index in [2.05, 4.69) is 52.0 Å². The van der Waals surface area contributed by atoms with E-state index < -0.39 is 0 Å². The third-order valence-corrected chi connectivity index (χ3v) is 7.70. The minimum atomic E-state index is 0.772. The molecular weight excluding hydrogens is 552 g/mol. The van der Waals surface area contributed by atoms with Crippen LogP contribution >= 0.6 is 0 Å². The number of aromatic nitrogens is 12. The van der Waals surface area contributed by atoms with Crippen molar-refractivity contribution in [3.63, 3.8) is 0 Å². The molecule has 0 fully saturated rings. The number of benzene rings is 1. The molecule has 6 aromatic heterocycles. The Hall–Kier alpha value is -5.52. The second-order valence-electron chi connectivity index (χ2n) is 11.3. The van der Waals surface area contributed by atoms with E-state index in [1.807, 2.05) is 80.3 Å². The first-order chi connectivity index (χ1) is 21.1. The maximum absolute atomic E-state index is 5.04. The van der Waals surface area contributed by atoms with Crippen molar-refractivity contribution in [3.05, 3.63) is 107 Å². The van der Waals surface area contributed by atoms with Crippen LogP contribution in [0.25, 0.3) is 34.1 Å². The van der Waals surface area contributed by atoms with Gasteiger partial charge in [0.05, 0.1) is 22.8 Å². The molecule has 0 radical (unpaired) electrons. The molecule has 0 bridgehead atoms. The smallest absolute Gasteiger partial charge is 0.121 e. The Morgan fingerprint density at radius 2 is 0.659 bits per heavy atom. The van der Waals surface area contributed by atoms with Gasteiger partial charge in [0.25, 0.3) is 0 Å². The Bertz CT molecular complexity index is 1870. The van der Waals surface area contributed by atoms with E-state index in [-0.39, 0.29) is 0 Å². The fourth-order valence-electron chi connectivity index (χ4n) is 6.13. The van der Waals surface area contributed by atoms with Gasteiger partial charge >= 0.3 is 0 Å². The van der Waals surface area contributed by atoms with Crippen LogP contribution in [-0.2, 0) is 0 Å². The summed E-state index contributed by atoms with van der Waals surface area (Å²) in [6, 6.07) is 12.1. The van der Waals surface area contributed by atoms with E-state index >= 15 is 0 Å². The van der Waals surface area contributed by atoms with Gasteiger partial charge in [0.15, 0.2) is 0 Å². The molecule has 7 rings (SSSR count). The molecule has 0 saturated heterocycles. The maximum Gasteiger partial charge on any atom is 0.121 e. The van der Waals surface area contributed by atoms with Crippen LogP contribution < -0.4 is 0 Å². The molecule has 0 N–H and O–H groups in total. The molecule has 0 amide bonds. The molecule has 0 aliphatic heterocycles. The first-order valence-corrected chi connectivity index (χ1v) is 14.5. The summed E-state index contributed by atoms with van der Waals surface area (Å²) in [4.78, 5) is 0. The highest BCUT2D eigenvalue weighted by atomic mass is 15.4. The molecule has 0 atom stereocenters. The predicted octanol–water partition coefficient (Wildman–Crippen LogP) is 5.27. The van der Waals surface area contributed by atoms with Crippen LogP contribution in [0.2, 0.25) is 0 Å². The lowest BCUT2D eigenvalue weighted by Gasteiger charge is -2.27. The van der Waals surface area contributed by atoms with Gasteiger partial charge in [-0.1, -0.05) is 0 Å². The second-order valence-corrected chi connectivity index (χ2v) is 11.3. The summed E-state index contributed by atoms with van der Waals surface area (Å²) in [5, 5.41) is 29.7. The van der Waals surface area contributed by atoms with Crippen LogP contribution in [0, 0.1) is 55.4 Å². The molecule has 0 aliphatic rings. The minimum absolute atomic E-state index is 0.772. The first kappa shape index (κ1) is 27.3. The van der Waals surface area contributed by atoms with Crippen molar-refractivity contribution in [2.75, 3.05) is 0 Å². The molecule has 6 heterocycles. The highest BCUT2D eigenvalue weighted by molar-refractivity contribution is 5.87. The third kappa shape index (κ3) is 4.21. The average molecular weight is 587 g/mol. The summed E-state index contributed by atoms with van der Waals surface area (Å²) >= 11 is 0. The van der Waals surface area contributed by atoms with Crippen LogP contribution in [0.1, 0.15) is 45.6 Å². The summed E-state index contributed by atoms with van der Waals surface area (Å²) in [6.07, 6.45) is 7.46. The third-order valence-electron chi connectivity index (χ3n) is 7.70. The Morgan fingerprint density at radius 1 is 0.386 bits per heavy atom. The van der Waals surface area contributed by atoms with E-state index in [4.69, 9.17) is 30.6 Å². The lowest BCUT2D eigenvalue weighted by atomic mass is 10.1. The summed E-state index contributed by atoms with van der Waals surface area (Å²) < 4.78 is 11.7. The van der Waals surface area contributed by atoms with E-state index in [0.29, 0.717) is 0 Å². The number of hydrogen-bond donors (Lipinski definition) is 0. The molecule has 44 heavy (non-hydrogen) atoms. The van der Waals surface area contributed by atoms with Crippen molar-refractivity contribution in [3.8, 4) is 34.1 Å². The zero-order valence-electron chi connectivity index (χ0n) is 26.1. The fourth-order valence-corrected chi connectivity index (χ4v) is 6.13. The zero-order chi connectivity index (χ0) is 30.9. The molecule has 1 aromatic carbocycles. The zero-order valence-corrected chi connectivity index (χ0v) is 26.1. The van der Waals surface area contributed by atoms with Crippen LogP contribution in [-0.4, -0.2) is 58.7 Å². The van der Waals surface area contributed by atoms with Crippen LogP contribution in [0.3, 0.4) is 0 Å². The summed E-state index contributed by atoms with van der Waals surface area (Å²) in [7, 11) is 0. The molecule has 12 heteroatoms. The number of rotatable bonds is 6. The van der Waals surface area contributed by atoms with Gasteiger partial charge in [0.1, 0.15) is 34.1 Å². The minimum Gasteiger partial charge on any atom is -0.236 e. The van der Waals surface area contributed by atoms with Crippen molar-refractivity contribution < 1.29 is 0 Å². The Morgan fingerprint density at radius 3 is 0.841 bits per heavy atom. The number of aryl methyl sites for hydroxylation is 8. The van der Waals surface area contributed by atoms with Crippen LogP contribution in [0.5, 0.6) is 0 Å². The molecule has 12 nitrogen and oxygen atoms in total. The van der Waals surface area contributed by atoms with E-state index in [9.17, 15) is 0 Å². The largest absolute Gasteiger partial charge is 0.236 e. The lowest BCUT2D eigenvalue weighted by molar-refractivity contribution is 0.716. The van der Waals surface area contributed by atoms with Crippen molar-refractivity contribution in [1.82, 2.24) is 58.7 Å².